The molecule has 1 aliphatic heterocycles. The third-order valence-electron chi connectivity index (χ3n) is 5.11. The van der Waals surface area contributed by atoms with Crippen LogP contribution in [0.2, 0.25) is 0 Å². The van der Waals surface area contributed by atoms with Crippen molar-refractivity contribution in [3.8, 4) is 0 Å². The van der Waals surface area contributed by atoms with Crippen LogP contribution in [-0.2, 0) is 26.4 Å². The highest BCUT2D eigenvalue weighted by Gasteiger charge is 2.45. The quantitative estimate of drug-likeness (QED) is 0.650. The van der Waals surface area contributed by atoms with E-state index in [1.807, 2.05) is 70.2 Å². The van der Waals surface area contributed by atoms with Gasteiger partial charge in [0.1, 0.15) is 19.0 Å². The lowest BCUT2D eigenvalue weighted by atomic mass is 10.0. The lowest BCUT2D eigenvalue weighted by molar-refractivity contribution is -0.110. The van der Waals surface area contributed by atoms with Gasteiger partial charge in [-0.25, -0.2) is 4.79 Å². The fraction of sp³-hybridized carbons (Fsp3) is 0.500. The second-order valence-corrected chi connectivity index (χ2v) is 7.99. The number of hydrogen-bond donors (Lipinski definition) is 2. The van der Waals surface area contributed by atoms with E-state index in [9.17, 15) is 9.59 Å². The first-order valence-corrected chi connectivity index (χ1v) is 10.1. The number of hydrogen-bond acceptors (Lipinski definition) is 7. The Balaban J connectivity index is 0.000000614. The summed E-state index contributed by atoms with van der Waals surface area (Å²) >= 11 is 0. The molecule has 31 heavy (non-hydrogen) atoms. The lowest BCUT2D eigenvalue weighted by Gasteiger charge is -2.33. The van der Waals surface area contributed by atoms with Gasteiger partial charge in [0.15, 0.2) is 5.82 Å². The third-order valence-corrected chi connectivity index (χ3v) is 5.11. The molecule has 0 fully saturated rings. The number of rotatable bonds is 7. The monoisotopic (exact) mass is 431 g/mol. The van der Waals surface area contributed by atoms with Gasteiger partial charge in [0, 0.05) is 26.3 Å². The van der Waals surface area contributed by atoms with Gasteiger partial charge in [-0.2, -0.15) is 5.10 Å². The van der Waals surface area contributed by atoms with Crippen molar-refractivity contribution in [1.29, 1.82) is 0 Å². The van der Waals surface area contributed by atoms with Crippen LogP contribution >= 0.6 is 0 Å². The van der Waals surface area contributed by atoms with E-state index >= 15 is 0 Å². The zero-order valence-electron chi connectivity index (χ0n) is 19.1. The van der Waals surface area contributed by atoms with E-state index < -0.39 is 5.54 Å². The fourth-order valence-electron chi connectivity index (χ4n) is 3.48. The molecule has 1 aliphatic rings. The molecule has 1 aromatic heterocycles. The van der Waals surface area contributed by atoms with Crippen molar-refractivity contribution in [2.75, 3.05) is 46.7 Å². The summed E-state index contributed by atoms with van der Waals surface area (Å²) in [6.07, 6.45) is 0.0627. The number of nitrogens with one attached hydrogen (secondary N) is 2. The van der Waals surface area contributed by atoms with Gasteiger partial charge in [-0.15, -0.1) is 0 Å². The molecule has 0 radical (unpaired) electrons. The summed E-state index contributed by atoms with van der Waals surface area (Å²) in [5.41, 5.74) is 2.44. The van der Waals surface area contributed by atoms with E-state index in [1.54, 1.807) is 4.90 Å². The number of amides is 1. The molecule has 170 valence electrons. The maximum absolute atomic E-state index is 13.0. The van der Waals surface area contributed by atoms with Crippen LogP contribution in [0.1, 0.15) is 36.8 Å². The summed E-state index contributed by atoms with van der Waals surface area (Å²) in [6, 6.07) is 9.85. The number of anilines is 1. The molecule has 3 rings (SSSR count). The molecule has 0 saturated heterocycles. The standard InChI is InChI=1S/C19H27N5O2.C3H6O2/c1-19(2)16-14(17(20-3)22-21-16)11-24(19)18(25)26-15(12-23(4)5)13-9-7-6-8-10-13;1-5-3-2-4/h6-10,15H,11-12H2,1-5H3,(H2,20,21,22);2H,3H2,1H3. The highest BCUT2D eigenvalue weighted by atomic mass is 16.6. The van der Waals surface area contributed by atoms with E-state index in [4.69, 9.17) is 4.74 Å². The molecule has 0 bridgehead atoms. The highest BCUT2D eigenvalue weighted by molar-refractivity contribution is 5.72. The van der Waals surface area contributed by atoms with Crippen LogP contribution in [0.3, 0.4) is 0 Å². The molecule has 1 aromatic carbocycles. The number of likely N-dealkylation sites (N-methyl/N-ethyl adjacent to an activating group) is 1. The van der Waals surface area contributed by atoms with Crippen LogP contribution in [0.25, 0.3) is 0 Å². The van der Waals surface area contributed by atoms with Crippen molar-refractivity contribution in [3.05, 3.63) is 47.2 Å². The van der Waals surface area contributed by atoms with Crippen molar-refractivity contribution in [1.82, 2.24) is 20.0 Å². The Morgan fingerprint density at radius 3 is 2.55 bits per heavy atom. The lowest BCUT2D eigenvalue weighted by Crippen LogP contribution is -2.42. The SMILES string of the molecule is CNc1n[nH]c2c1CN(C(=O)OC(CN(C)C)c1ccccc1)C2(C)C.COCC=O. The topological polar surface area (TPSA) is 99.8 Å². The van der Waals surface area contributed by atoms with Gasteiger partial charge >= 0.3 is 6.09 Å². The Bertz CT molecular complexity index is 851. The molecule has 1 atom stereocenters. The van der Waals surface area contributed by atoms with Crippen LogP contribution in [0.15, 0.2) is 30.3 Å². The minimum atomic E-state index is -0.506. The summed E-state index contributed by atoms with van der Waals surface area (Å²) < 4.78 is 10.3. The smallest absolute Gasteiger partial charge is 0.411 e. The van der Waals surface area contributed by atoms with Gasteiger partial charge in [0.05, 0.1) is 17.8 Å². The van der Waals surface area contributed by atoms with Gasteiger partial charge in [0.2, 0.25) is 0 Å². The number of fused-ring (bicyclic) bond motifs is 1. The molecule has 0 aliphatic carbocycles. The number of aromatic nitrogens is 2. The van der Waals surface area contributed by atoms with E-state index in [0.717, 1.165) is 22.6 Å². The Kier molecular flexibility index (Phi) is 8.58. The van der Waals surface area contributed by atoms with Crippen molar-refractivity contribution in [2.24, 2.45) is 0 Å². The van der Waals surface area contributed by atoms with Crippen molar-refractivity contribution in [2.45, 2.75) is 32.0 Å². The van der Waals surface area contributed by atoms with E-state index in [1.165, 1.54) is 7.11 Å². The molecule has 1 amide bonds. The zero-order valence-corrected chi connectivity index (χ0v) is 19.1. The number of carbonyl (C=O) groups is 2. The maximum Gasteiger partial charge on any atom is 0.411 e. The predicted octanol–water partition coefficient (Wildman–Crippen LogP) is 2.77. The minimum Gasteiger partial charge on any atom is -0.440 e. The fourth-order valence-corrected chi connectivity index (χ4v) is 3.48. The van der Waals surface area contributed by atoms with Crippen molar-refractivity contribution in [3.63, 3.8) is 0 Å². The molecular weight excluding hydrogens is 398 g/mol. The molecular formula is C22H33N5O4. The summed E-state index contributed by atoms with van der Waals surface area (Å²) in [7, 11) is 7.25. The summed E-state index contributed by atoms with van der Waals surface area (Å²) in [5, 5.41) is 10.4. The highest BCUT2D eigenvalue weighted by Crippen LogP contribution is 2.41. The second kappa shape index (κ2) is 10.9. The van der Waals surface area contributed by atoms with Gasteiger partial charge in [-0.1, -0.05) is 30.3 Å². The molecule has 0 spiro atoms. The molecule has 1 unspecified atom stereocenters. The van der Waals surface area contributed by atoms with Gasteiger partial charge < -0.3 is 24.5 Å². The first-order valence-electron chi connectivity index (χ1n) is 10.1. The average molecular weight is 432 g/mol. The molecule has 9 heteroatoms. The number of nitrogens with zero attached hydrogens (tertiary/aromatic N) is 3. The molecule has 0 saturated carbocycles. The zero-order chi connectivity index (χ0) is 23.0. The number of ether oxygens (including phenoxy) is 2. The second-order valence-electron chi connectivity index (χ2n) is 7.99. The molecule has 2 heterocycles. The molecule has 2 N–H and O–H groups in total. The van der Waals surface area contributed by atoms with Crippen molar-refractivity contribution < 1.29 is 19.1 Å². The summed E-state index contributed by atoms with van der Waals surface area (Å²) in [6.45, 7) is 5.30. The Labute approximate surface area is 183 Å². The largest absolute Gasteiger partial charge is 0.440 e. The van der Waals surface area contributed by atoms with Crippen LogP contribution < -0.4 is 5.32 Å². The number of carbonyl (C=O) groups excluding carboxylic acids is 2. The number of benzene rings is 1. The maximum atomic E-state index is 13.0. The van der Waals surface area contributed by atoms with Gasteiger partial charge in [-0.3, -0.25) is 10.00 Å². The van der Waals surface area contributed by atoms with Crippen LogP contribution in [0.4, 0.5) is 10.6 Å². The molecule has 2 aromatic rings. The van der Waals surface area contributed by atoms with E-state index in [-0.39, 0.29) is 18.8 Å². The van der Waals surface area contributed by atoms with Crippen molar-refractivity contribution >= 4 is 18.2 Å². The summed E-state index contributed by atoms with van der Waals surface area (Å²) in [4.78, 5) is 26.1. The Morgan fingerprint density at radius 2 is 2.03 bits per heavy atom. The number of methoxy groups -OCH3 is 1. The summed E-state index contributed by atoms with van der Waals surface area (Å²) in [5.74, 6) is 0.774. The number of aromatic amines is 1. The normalized spacial score (nSPS) is 15.0. The third kappa shape index (κ3) is 5.83. The first kappa shape index (κ1) is 24.4. The minimum absolute atomic E-state index is 0.208. The van der Waals surface area contributed by atoms with Crippen LogP contribution in [-0.4, -0.2) is 73.8 Å². The number of H-pyrrole nitrogens is 1. The first-order chi connectivity index (χ1) is 14.8. The molecule has 9 nitrogen and oxygen atoms in total. The van der Waals surface area contributed by atoms with Gasteiger partial charge in [-0.05, 0) is 33.5 Å². The van der Waals surface area contributed by atoms with Crippen LogP contribution in [0, 0.1) is 0 Å². The Hall–Kier alpha value is -2.91. The van der Waals surface area contributed by atoms with Gasteiger partial charge in [0.25, 0.3) is 0 Å². The average Bonchev–Trinajstić information content (AvgIpc) is 3.27. The van der Waals surface area contributed by atoms with E-state index in [2.05, 4.69) is 20.3 Å². The predicted molar refractivity (Wildman–Crippen MR) is 119 cm³/mol. The Morgan fingerprint density at radius 1 is 1.35 bits per heavy atom. The van der Waals surface area contributed by atoms with Crippen LogP contribution in [0.5, 0.6) is 0 Å². The van der Waals surface area contributed by atoms with E-state index in [0.29, 0.717) is 19.4 Å². The number of aldehydes is 1.